The van der Waals surface area contributed by atoms with E-state index in [4.69, 9.17) is 20.8 Å². The van der Waals surface area contributed by atoms with Crippen LogP contribution in [0.1, 0.15) is 20.8 Å². The Bertz CT molecular complexity index is 391. The summed E-state index contributed by atoms with van der Waals surface area (Å²) in [5.74, 6) is 0.543. The van der Waals surface area contributed by atoms with Crippen molar-refractivity contribution in [3.05, 3.63) is 23.4 Å². The Morgan fingerprint density at radius 2 is 1.89 bits per heavy atom. The SMILES string of the molecule is CC(C)(C)[Si](C)(C)OCCOc1cccc(Cl)n1. The second-order valence-electron chi connectivity index (χ2n) is 5.76. The fraction of sp³-hybridized carbons (Fsp3) is 0.615. The van der Waals surface area contributed by atoms with Gasteiger partial charge >= 0.3 is 0 Å². The number of rotatable bonds is 5. The zero-order chi connectivity index (χ0) is 13.8. The Morgan fingerprint density at radius 1 is 1.22 bits per heavy atom. The first-order valence-electron chi connectivity index (χ1n) is 6.12. The van der Waals surface area contributed by atoms with Crippen LogP contribution < -0.4 is 4.74 Å². The van der Waals surface area contributed by atoms with Gasteiger partial charge in [0.1, 0.15) is 11.8 Å². The van der Waals surface area contributed by atoms with Gasteiger partial charge in [-0.2, -0.15) is 0 Å². The molecule has 0 N–H and O–H groups in total. The maximum atomic E-state index is 6.00. The Labute approximate surface area is 116 Å². The molecule has 0 fully saturated rings. The van der Waals surface area contributed by atoms with Gasteiger partial charge in [0.25, 0.3) is 0 Å². The molecule has 0 radical (unpaired) electrons. The van der Waals surface area contributed by atoms with Crippen LogP contribution >= 0.6 is 11.6 Å². The summed E-state index contributed by atoms with van der Waals surface area (Å²) < 4.78 is 11.5. The van der Waals surface area contributed by atoms with E-state index in [1.165, 1.54) is 0 Å². The van der Waals surface area contributed by atoms with Gasteiger partial charge < -0.3 is 9.16 Å². The van der Waals surface area contributed by atoms with E-state index in [-0.39, 0.29) is 5.04 Å². The maximum absolute atomic E-state index is 6.00. The number of nitrogens with zero attached hydrogens (tertiary/aromatic N) is 1. The predicted molar refractivity (Wildman–Crippen MR) is 77.9 cm³/mol. The first-order valence-corrected chi connectivity index (χ1v) is 9.40. The molecule has 0 unspecified atom stereocenters. The molecule has 0 aliphatic carbocycles. The lowest BCUT2D eigenvalue weighted by molar-refractivity contribution is 0.199. The molecule has 1 heterocycles. The second kappa shape index (κ2) is 6.04. The van der Waals surface area contributed by atoms with Crippen LogP contribution in [0.15, 0.2) is 18.2 Å². The van der Waals surface area contributed by atoms with E-state index in [0.29, 0.717) is 24.2 Å². The minimum absolute atomic E-state index is 0.224. The minimum Gasteiger partial charge on any atom is -0.475 e. The molecule has 1 rings (SSSR count). The predicted octanol–water partition coefficient (Wildman–Crippen LogP) is 4.14. The van der Waals surface area contributed by atoms with E-state index < -0.39 is 8.32 Å². The monoisotopic (exact) mass is 287 g/mol. The van der Waals surface area contributed by atoms with Crippen LogP contribution in [-0.2, 0) is 4.43 Å². The molecule has 0 aliphatic heterocycles. The van der Waals surface area contributed by atoms with Crippen molar-refractivity contribution in [2.75, 3.05) is 13.2 Å². The van der Waals surface area contributed by atoms with Gasteiger partial charge in [0.15, 0.2) is 8.32 Å². The Balaban J connectivity index is 2.35. The van der Waals surface area contributed by atoms with Crippen LogP contribution in [0.25, 0.3) is 0 Å². The number of ether oxygens (including phenoxy) is 1. The molecular formula is C13H22ClNO2Si. The Kier molecular flexibility index (Phi) is 5.19. The van der Waals surface area contributed by atoms with Gasteiger partial charge in [-0.15, -0.1) is 0 Å². The van der Waals surface area contributed by atoms with Gasteiger partial charge in [-0.05, 0) is 24.2 Å². The van der Waals surface area contributed by atoms with Crippen LogP contribution in [0, 0.1) is 0 Å². The number of hydrogen-bond acceptors (Lipinski definition) is 3. The van der Waals surface area contributed by atoms with Gasteiger partial charge in [-0.1, -0.05) is 38.4 Å². The number of halogens is 1. The molecule has 1 aromatic rings. The smallest absolute Gasteiger partial charge is 0.214 e. The minimum atomic E-state index is -1.68. The molecule has 3 nitrogen and oxygen atoms in total. The van der Waals surface area contributed by atoms with E-state index in [1.807, 2.05) is 6.07 Å². The summed E-state index contributed by atoms with van der Waals surface area (Å²) in [6.07, 6.45) is 0. The summed E-state index contributed by atoms with van der Waals surface area (Å²) in [4.78, 5) is 4.05. The third-order valence-electron chi connectivity index (χ3n) is 3.29. The van der Waals surface area contributed by atoms with Crippen LogP contribution in [-0.4, -0.2) is 26.5 Å². The molecular weight excluding hydrogens is 266 g/mol. The zero-order valence-electron chi connectivity index (χ0n) is 11.8. The summed E-state index contributed by atoms with van der Waals surface area (Å²) in [6.45, 7) is 12.2. The highest BCUT2D eigenvalue weighted by Crippen LogP contribution is 2.36. The number of hydrogen-bond donors (Lipinski definition) is 0. The fourth-order valence-corrected chi connectivity index (χ4v) is 2.31. The van der Waals surface area contributed by atoms with Crippen molar-refractivity contribution >= 4 is 19.9 Å². The summed E-state index contributed by atoms with van der Waals surface area (Å²) in [6, 6.07) is 5.33. The lowest BCUT2D eigenvalue weighted by atomic mass is 10.2. The molecule has 0 atom stereocenters. The summed E-state index contributed by atoms with van der Waals surface area (Å²) in [5.41, 5.74) is 0. The quantitative estimate of drug-likeness (QED) is 0.463. The van der Waals surface area contributed by atoms with Gasteiger partial charge in [0, 0.05) is 6.07 Å². The zero-order valence-corrected chi connectivity index (χ0v) is 13.5. The normalized spacial score (nSPS) is 12.6. The van der Waals surface area contributed by atoms with Gasteiger partial charge in [-0.25, -0.2) is 4.98 Å². The molecule has 1 aromatic heterocycles. The van der Waals surface area contributed by atoms with Crippen LogP contribution in [0.3, 0.4) is 0 Å². The molecule has 18 heavy (non-hydrogen) atoms. The fourth-order valence-electron chi connectivity index (χ4n) is 1.13. The van der Waals surface area contributed by atoms with Crippen LogP contribution in [0.4, 0.5) is 0 Å². The molecule has 0 saturated carbocycles. The van der Waals surface area contributed by atoms with Gasteiger partial charge in [0.05, 0.1) is 6.61 Å². The first-order chi connectivity index (χ1) is 8.22. The number of pyridine rings is 1. The summed E-state index contributed by atoms with van der Waals surface area (Å²) in [5, 5.41) is 0.666. The van der Waals surface area contributed by atoms with E-state index in [0.717, 1.165) is 0 Å². The van der Waals surface area contributed by atoms with Crippen molar-refractivity contribution in [3.63, 3.8) is 0 Å². The van der Waals surface area contributed by atoms with Crippen molar-refractivity contribution < 1.29 is 9.16 Å². The van der Waals surface area contributed by atoms with E-state index in [2.05, 4.69) is 38.8 Å². The average Bonchev–Trinajstić information content (AvgIpc) is 2.23. The van der Waals surface area contributed by atoms with Crippen LogP contribution in [0.5, 0.6) is 5.88 Å². The first kappa shape index (κ1) is 15.5. The van der Waals surface area contributed by atoms with Crippen molar-refractivity contribution in [1.82, 2.24) is 4.98 Å². The number of aromatic nitrogens is 1. The summed E-state index contributed by atoms with van der Waals surface area (Å²) in [7, 11) is -1.68. The van der Waals surface area contributed by atoms with Gasteiger partial charge in [-0.3, -0.25) is 0 Å². The molecule has 5 heteroatoms. The van der Waals surface area contributed by atoms with Gasteiger partial charge in [0.2, 0.25) is 5.88 Å². The maximum Gasteiger partial charge on any atom is 0.214 e. The largest absolute Gasteiger partial charge is 0.475 e. The van der Waals surface area contributed by atoms with E-state index in [1.54, 1.807) is 12.1 Å². The molecule has 0 aliphatic rings. The lowest BCUT2D eigenvalue weighted by Gasteiger charge is -2.36. The van der Waals surface area contributed by atoms with Crippen LogP contribution in [0.2, 0.25) is 23.3 Å². The molecule has 0 saturated heterocycles. The summed E-state index contributed by atoms with van der Waals surface area (Å²) >= 11 is 5.77. The molecule has 0 aromatic carbocycles. The molecule has 0 bridgehead atoms. The Morgan fingerprint density at radius 3 is 2.44 bits per heavy atom. The van der Waals surface area contributed by atoms with E-state index >= 15 is 0 Å². The standard InChI is InChI=1S/C13H22ClNO2Si/c1-13(2,3)18(4,5)17-10-9-16-12-8-6-7-11(14)15-12/h6-8H,9-10H2,1-5H3. The van der Waals surface area contributed by atoms with Crippen molar-refractivity contribution in [3.8, 4) is 5.88 Å². The molecule has 0 spiro atoms. The second-order valence-corrected chi connectivity index (χ2v) is 11.0. The third-order valence-corrected chi connectivity index (χ3v) is 8.04. The highest BCUT2D eigenvalue weighted by Gasteiger charge is 2.36. The third kappa shape index (κ3) is 4.59. The van der Waals surface area contributed by atoms with Crippen molar-refractivity contribution in [2.45, 2.75) is 38.9 Å². The average molecular weight is 288 g/mol. The highest BCUT2D eigenvalue weighted by molar-refractivity contribution is 6.74. The van der Waals surface area contributed by atoms with Crippen molar-refractivity contribution in [1.29, 1.82) is 0 Å². The van der Waals surface area contributed by atoms with E-state index in [9.17, 15) is 0 Å². The molecule has 0 amide bonds. The Hall–Kier alpha value is -0.583. The highest BCUT2D eigenvalue weighted by atomic mass is 35.5. The van der Waals surface area contributed by atoms with Crippen molar-refractivity contribution in [2.24, 2.45) is 0 Å². The topological polar surface area (TPSA) is 31.4 Å². The molecule has 102 valence electrons. The lowest BCUT2D eigenvalue weighted by Crippen LogP contribution is -2.41.